The molecule has 1 nitrogen and oxygen atoms in total. The van der Waals surface area contributed by atoms with Crippen molar-refractivity contribution in [2.45, 2.75) is 53.2 Å². The zero-order valence-electron chi connectivity index (χ0n) is 9.07. The largest absolute Gasteiger partial charge is 0.371 e. The number of hydrogen-bond acceptors (Lipinski definition) is 1. The van der Waals surface area contributed by atoms with Gasteiger partial charge < -0.3 is 4.74 Å². The first-order chi connectivity index (χ1) is 5.17. The van der Waals surface area contributed by atoms with Crippen molar-refractivity contribution in [3.8, 4) is 0 Å². The highest BCUT2D eigenvalue weighted by Gasteiger charge is 2.28. The molecule has 2 heteroatoms. The second kappa shape index (κ2) is 3.97. The summed E-state index contributed by atoms with van der Waals surface area (Å²) in [5, 5.41) is 0. The van der Waals surface area contributed by atoms with Crippen LogP contribution in [0.2, 0.25) is 0 Å². The molecule has 74 valence electrons. The lowest BCUT2D eigenvalue weighted by atomic mass is 9.89. The van der Waals surface area contributed by atoms with Crippen LogP contribution in [0, 0.1) is 5.41 Å². The summed E-state index contributed by atoms with van der Waals surface area (Å²) >= 11 is 5.83. The quantitative estimate of drug-likeness (QED) is 0.609. The second-order valence-electron chi connectivity index (χ2n) is 5.24. The minimum absolute atomic E-state index is 0.104. The summed E-state index contributed by atoms with van der Waals surface area (Å²) in [7, 11) is 0. The molecule has 0 aliphatic carbocycles. The molecule has 0 heterocycles. The van der Waals surface area contributed by atoms with Gasteiger partial charge in [-0.15, -0.1) is 11.6 Å². The van der Waals surface area contributed by atoms with Gasteiger partial charge in [0.2, 0.25) is 0 Å². The molecule has 0 spiro atoms. The van der Waals surface area contributed by atoms with Crippen LogP contribution >= 0.6 is 11.6 Å². The normalized spacial score (nSPS) is 16.2. The molecule has 0 rings (SSSR count). The SMILES string of the molecule is CC(C)(C)OC(CCl)C(C)(C)C. The number of hydrogen-bond donors (Lipinski definition) is 0. The lowest BCUT2D eigenvalue weighted by Crippen LogP contribution is -2.37. The van der Waals surface area contributed by atoms with Crippen LogP contribution in [0.4, 0.5) is 0 Å². The van der Waals surface area contributed by atoms with E-state index in [1.165, 1.54) is 0 Å². The third kappa shape index (κ3) is 5.00. The lowest BCUT2D eigenvalue weighted by molar-refractivity contribution is -0.0930. The van der Waals surface area contributed by atoms with Gasteiger partial charge in [-0.2, -0.15) is 0 Å². The molecule has 0 N–H and O–H groups in total. The molecule has 0 saturated heterocycles. The van der Waals surface area contributed by atoms with Gasteiger partial charge in [0, 0.05) is 5.88 Å². The third-order valence-electron chi connectivity index (χ3n) is 1.60. The predicted octanol–water partition coefficient (Wildman–Crippen LogP) is 3.46. The van der Waals surface area contributed by atoms with Gasteiger partial charge in [0.05, 0.1) is 11.7 Å². The van der Waals surface area contributed by atoms with Gasteiger partial charge >= 0.3 is 0 Å². The van der Waals surface area contributed by atoms with Gasteiger partial charge in [-0.25, -0.2) is 0 Å². The van der Waals surface area contributed by atoms with E-state index in [2.05, 4.69) is 41.5 Å². The average Bonchev–Trinajstić information content (AvgIpc) is 1.78. The van der Waals surface area contributed by atoms with Gasteiger partial charge in [-0.1, -0.05) is 20.8 Å². The highest BCUT2D eigenvalue weighted by Crippen LogP contribution is 2.27. The summed E-state index contributed by atoms with van der Waals surface area (Å²) in [5.41, 5.74) is 0.0157. The summed E-state index contributed by atoms with van der Waals surface area (Å²) in [6, 6.07) is 0. The first-order valence-corrected chi connectivity index (χ1v) is 4.94. The van der Waals surface area contributed by atoms with Crippen molar-refractivity contribution in [2.75, 3.05) is 5.88 Å². The zero-order chi connectivity index (χ0) is 9.99. The first kappa shape index (κ1) is 12.2. The van der Waals surface area contributed by atoms with E-state index in [1.54, 1.807) is 0 Å². The van der Waals surface area contributed by atoms with E-state index in [1.807, 2.05) is 0 Å². The van der Waals surface area contributed by atoms with Crippen molar-refractivity contribution in [1.29, 1.82) is 0 Å². The van der Waals surface area contributed by atoms with Gasteiger partial charge in [-0.05, 0) is 26.2 Å². The molecule has 0 aliphatic heterocycles. The molecule has 0 aliphatic rings. The Bertz CT molecular complexity index is 130. The van der Waals surface area contributed by atoms with Crippen LogP contribution in [0.1, 0.15) is 41.5 Å². The third-order valence-corrected chi connectivity index (χ3v) is 1.88. The van der Waals surface area contributed by atoms with Crippen molar-refractivity contribution >= 4 is 11.6 Å². The van der Waals surface area contributed by atoms with Crippen LogP contribution in [0.25, 0.3) is 0 Å². The minimum Gasteiger partial charge on any atom is -0.371 e. The van der Waals surface area contributed by atoms with Crippen molar-refractivity contribution in [2.24, 2.45) is 5.41 Å². The number of alkyl halides is 1. The van der Waals surface area contributed by atoms with E-state index in [9.17, 15) is 0 Å². The van der Waals surface area contributed by atoms with Crippen LogP contribution in [-0.2, 0) is 4.74 Å². The molecular formula is C10H21ClO. The molecule has 0 bridgehead atoms. The van der Waals surface area contributed by atoms with Crippen molar-refractivity contribution < 1.29 is 4.74 Å². The summed E-state index contributed by atoms with van der Waals surface area (Å²) in [6.45, 7) is 12.6. The zero-order valence-corrected chi connectivity index (χ0v) is 9.83. The van der Waals surface area contributed by atoms with Crippen LogP contribution in [0.3, 0.4) is 0 Å². The van der Waals surface area contributed by atoms with Crippen LogP contribution in [-0.4, -0.2) is 17.6 Å². The van der Waals surface area contributed by atoms with Gasteiger partial charge in [0.25, 0.3) is 0 Å². The molecule has 0 radical (unpaired) electrons. The predicted molar refractivity (Wildman–Crippen MR) is 54.8 cm³/mol. The summed E-state index contributed by atoms with van der Waals surface area (Å²) < 4.78 is 5.82. The van der Waals surface area contributed by atoms with E-state index in [0.29, 0.717) is 5.88 Å². The fraction of sp³-hybridized carbons (Fsp3) is 1.00. The van der Waals surface area contributed by atoms with E-state index in [0.717, 1.165) is 0 Å². The fourth-order valence-corrected chi connectivity index (χ4v) is 1.39. The van der Waals surface area contributed by atoms with E-state index in [-0.39, 0.29) is 17.1 Å². The Hall–Kier alpha value is 0.250. The van der Waals surface area contributed by atoms with Gasteiger partial charge in [-0.3, -0.25) is 0 Å². The van der Waals surface area contributed by atoms with E-state index < -0.39 is 0 Å². The maximum Gasteiger partial charge on any atom is 0.0765 e. The van der Waals surface area contributed by atoms with Crippen LogP contribution in [0.15, 0.2) is 0 Å². The number of halogens is 1. The molecule has 0 fully saturated rings. The molecule has 12 heavy (non-hydrogen) atoms. The standard InChI is InChI=1S/C10H21ClO/c1-9(2,3)8(7-11)12-10(4,5)6/h8H,7H2,1-6H3. The molecule has 0 aromatic rings. The first-order valence-electron chi connectivity index (χ1n) is 4.40. The topological polar surface area (TPSA) is 9.23 Å². The Kier molecular flexibility index (Phi) is 4.05. The lowest BCUT2D eigenvalue weighted by Gasteiger charge is -2.34. The summed E-state index contributed by atoms with van der Waals surface area (Å²) in [5.74, 6) is 0.556. The second-order valence-corrected chi connectivity index (χ2v) is 5.55. The molecule has 0 saturated carbocycles. The Morgan fingerprint density at radius 3 is 1.58 bits per heavy atom. The molecule has 0 aromatic carbocycles. The van der Waals surface area contributed by atoms with Crippen molar-refractivity contribution in [3.05, 3.63) is 0 Å². The van der Waals surface area contributed by atoms with Gasteiger partial charge in [0.1, 0.15) is 0 Å². The van der Waals surface area contributed by atoms with E-state index >= 15 is 0 Å². The Morgan fingerprint density at radius 2 is 1.50 bits per heavy atom. The summed E-state index contributed by atoms with van der Waals surface area (Å²) in [4.78, 5) is 0. The monoisotopic (exact) mass is 192 g/mol. The summed E-state index contributed by atoms with van der Waals surface area (Å²) in [6.07, 6.45) is 0.124. The minimum atomic E-state index is -0.104. The Labute approximate surface area is 81.4 Å². The van der Waals surface area contributed by atoms with Crippen LogP contribution in [0.5, 0.6) is 0 Å². The van der Waals surface area contributed by atoms with Gasteiger partial charge in [0.15, 0.2) is 0 Å². The highest BCUT2D eigenvalue weighted by atomic mass is 35.5. The Morgan fingerprint density at radius 1 is 1.08 bits per heavy atom. The molecular weight excluding hydrogens is 172 g/mol. The highest BCUT2D eigenvalue weighted by molar-refractivity contribution is 6.18. The average molecular weight is 193 g/mol. The van der Waals surface area contributed by atoms with Crippen molar-refractivity contribution in [1.82, 2.24) is 0 Å². The molecule has 0 aromatic heterocycles. The van der Waals surface area contributed by atoms with Crippen LogP contribution < -0.4 is 0 Å². The molecule has 0 amide bonds. The molecule has 1 atom stereocenters. The van der Waals surface area contributed by atoms with E-state index in [4.69, 9.17) is 16.3 Å². The Balaban J connectivity index is 4.20. The molecule has 1 unspecified atom stereocenters. The number of rotatable bonds is 2. The van der Waals surface area contributed by atoms with Crippen molar-refractivity contribution in [3.63, 3.8) is 0 Å². The maximum atomic E-state index is 5.83. The fourth-order valence-electron chi connectivity index (χ4n) is 0.867. The number of ether oxygens (including phenoxy) is 1. The smallest absolute Gasteiger partial charge is 0.0765 e. The maximum absolute atomic E-state index is 5.83.